The van der Waals surface area contributed by atoms with Crippen molar-refractivity contribution in [2.45, 2.75) is 13.8 Å². The van der Waals surface area contributed by atoms with E-state index in [0.717, 1.165) is 27.8 Å². The van der Waals surface area contributed by atoms with Crippen LogP contribution in [0.4, 0.5) is 0 Å². The van der Waals surface area contributed by atoms with Crippen LogP contribution in [0.15, 0.2) is 52.1 Å². The summed E-state index contributed by atoms with van der Waals surface area (Å²) in [6, 6.07) is 12.4. The van der Waals surface area contributed by atoms with Crippen molar-refractivity contribution in [1.82, 2.24) is 9.72 Å². The number of nitrogens with zero attached hydrogens (tertiary/aromatic N) is 3. The van der Waals surface area contributed by atoms with Crippen LogP contribution >= 0.6 is 11.6 Å². The van der Waals surface area contributed by atoms with Gasteiger partial charge in [-0.25, -0.2) is 0 Å². The third-order valence-corrected chi connectivity index (χ3v) is 4.77. The van der Waals surface area contributed by atoms with E-state index in [-0.39, 0.29) is 5.75 Å². The topological polar surface area (TPSA) is 83.8 Å². The van der Waals surface area contributed by atoms with Crippen molar-refractivity contribution >= 4 is 28.7 Å². The van der Waals surface area contributed by atoms with Crippen LogP contribution in [0, 0.1) is 13.8 Å². The average Bonchev–Trinajstić information content (AvgIpc) is 3.13. The number of phenols is 1. The Morgan fingerprint density at radius 3 is 2.52 bits per heavy atom. The second kappa shape index (κ2) is 6.48. The van der Waals surface area contributed by atoms with Gasteiger partial charge in [0.2, 0.25) is 0 Å². The normalized spacial score (nSPS) is 11.7. The number of aromatic hydroxyl groups is 1. The van der Waals surface area contributed by atoms with Crippen molar-refractivity contribution in [3.05, 3.63) is 64.5 Å². The lowest BCUT2D eigenvalue weighted by Crippen LogP contribution is -1.99. The van der Waals surface area contributed by atoms with Gasteiger partial charge in [0.1, 0.15) is 11.5 Å². The van der Waals surface area contributed by atoms with Gasteiger partial charge in [0.15, 0.2) is 0 Å². The van der Waals surface area contributed by atoms with Crippen molar-refractivity contribution in [2.75, 3.05) is 0 Å². The summed E-state index contributed by atoms with van der Waals surface area (Å²) in [6.45, 7) is 3.69. The minimum absolute atomic E-state index is 0.171. The maximum atomic E-state index is 9.68. The highest BCUT2D eigenvalue weighted by Gasteiger charge is 2.24. The van der Waals surface area contributed by atoms with E-state index in [9.17, 15) is 10.3 Å². The molecule has 0 spiro atoms. The first-order chi connectivity index (χ1) is 13.0. The van der Waals surface area contributed by atoms with Crippen LogP contribution < -0.4 is 0 Å². The molecule has 0 aliphatic rings. The average molecular weight is 382 g/mol. The zero-order valence-corrected chi connectivity index (χ0v) is 15.4. The third-order valence-electron chi connectivity index (χ3n) is 4.53. The molecule has 0 saturated heterocycles. The van der Waals surface area contributed by atoms with Gasteiger partial charge < -0.3 is 19.4 Å². The molecule has 27 heavy (non-hydrogen) atoms. The second-order valence-corrected chi connectivity index (χ2v) is 6.66. The minimum atomic E-state index is 0.171. The largest absolute Gasteiger partial charge is 0.508 e. The number of oxime groups is 1. The molecule has 0 saturated carbocycles. The summed E-state index contributed by atoms with van der Waals surface area (Å²) in [7, 11) is 0. The Morgan fingerprint density at radius 2 is 1.89 bits per heavy atom. The Hall–Kier alpha value is -3.25. The number of fused-ring (bicyclic) bond motifs is 1. The zero-order chi connectivity index (χ0) is 19.1. The number of rotatable bonds is 3. The lowest BCUT2D eigenvalue weighted by atomic mass is 10.0. The van der Waals surface area contributed by atoms with Crippen molar-refractivity contribution < 1.29 is 14.8 Å². The van der Waals surface area contributed by atoms with E-state index in [2.05, 4.69) is 10.3 Å². The summed E-state index contributed by atoms with van der Waals surface area (Å²) >= 11 is 6.26. The fourth-order valence-electron chi connectivity index (χ4n) is 3.41. The van der Waals surface area contributed by atoms with Crippen molar-refractivity contribution in [2.24, 2.45) is 5.16 Å². The Kier molecular flexibility index (Phi) is 4.12. The van der Waals surface area contributed by atoms with E-state index in [1.165, 1.54) is 6.21 Å². The van der Waals surface area contributed by atoms with Crippen LogP contribution in [-0.2, 0) is 0 Å². The monoisotopic (exact) mass is 381 g/mol. The van der Waals surface area contributed by atoms with Gasteiger partial charge in [-0.1, -0.05) is 28.0 Å². The molecule has 4 aromatic rings. The van der Waals surface area contributed by atoms with E-state index in [0.29, 0.717) is 22.0 Å². The predicted octanol–water partition coefficient (Wildman–Crippen LogP) is 5.07. The van der Waals surface area contributed by atoms with Gasteiger partial charge in [-0.15, -0.1) is 0 Å². The highest BCUT2D eigenvalue weighted by atomic mass is 35.5. The highest BCUT2D eigenvalue weighted by Crippen LogP contribution is 2.39. The summed E-state index contributed by atoms with van der Waals surface area (Å²) in [5, 5.41) is 27.7. The molecular formula is C20H16ClN3O3. The van der Waals surface area contributed by atoms with Crippen molar-refractivity contribution in [3.63, 3.8) is 0 Å². The fourth-order valence-corrected chi connectivity index (χ4v) is 3.58. The lowest BCUT2D eigenvalue weighted by molar-refractivity contribution is 0.322. The molecule has 4 rings (SSSR count). The molecule has 136 valence electrons. The molecule has 0 aliphatic heterocycles. The number of phenolic OH excluding ortho intramolecular Hbond substituents is 1. The minimum Gasteiger partial charge on any atom is -0.508 e. The summed E-state index contributed by atoms with van der Waals surface area (Å²) in [5.74, 6) is 0.818. The molecule has 7 heteroatoms. The summed E-state index contributed by atoms with van der Waals surface area (Å²) in [5.41, 5.74) is 4.66. The van der Waals surface area contributed by atoms with Gasteiger partial charge in [-0.2, -0.15) is 0 Å². The molecule has 2 heterocycles. The van der Waals surface area contributed by atoms with Crippen LogP contribution in [0.1, 0.15) is 17.0 Å². The second-order valence-electron chi connectivity index (χ2n) is 6.22. The molecule has 0 fully saturated rings. The fraction of sp³-hybridized carbons (Fsp3) is 0.100. The Bertz CT molecular complexity index is 1150. The third kappa shape index (κ3) is 2.74. The molecule has 0 bridgehead atoms. The van der Waals surface area contributed by atoms with Gasteiger partial charge in [-0.05, 0) is 50.2 Å². The van der Waals surface area contributed by atoms with Crippen LogP contribution in [0.25, 0.3) is 27.8 Å². The van der Waals surface area contributed by atoms with Crippen LogP contribution in [0.2, 0.25) is 5.02 Å². The number of halogens is 1. The first-order valence-electron chi connectivity index (χ1n) is 8.25. The zero-order valence-electron chi connectivity index (χ0n) is 14.6. The van der Waals surface area contributed by atoms with E-state index in [4.69, 9.17) is 16.1 Å². The SMILES string of the molecule is Cc1noc(C)c1-c1c(C=NO)c2ccc(Cl)cc2n1-c1ccc(O)cc1. The van der Waals surface area contributed by atoms with Crippen molar-refractivity contribution in [1.29, 1.82) is 0 Å². The standard InChI is InChI=1S/C20H16ClN3O3/c1-11-19(12(2)27-23-11)20-17(10-22-26)16-8-3-13(21)9-18(16)24(20)14-4-6-15(25)7-5-14/h3-10,25-26H,1-2H3. The Labute approximate surface area is 159 Å². The summed E-state index contributed by atoms with van der Waals surface area (Å²) < 4.78 is 7.37. The first-order valence-corrected chi connectivity index (χ1v) is 8.63. The molecule has 0 radical (unpaired) electrons. The molecule has 2 aromatic heterocycles. The molecule has 2 aromatic carbocycles. The van der Waals surface area contributed by atoms with E-state index in [1.54, 1.807) is 30.3 Å². The maximum absolute atomic E-state index is 9.68. The number of benzene rings is 2. The highest BCUT2D eigenvalue weighted by molar-refractivity contribution is 6.31. The van der Waals surface area contributed by atoms with Crippen LogP contribution in [-0.4, -0.2) is 26.3 Å². The number of hydrogen-bond acceptors (Lipinski definition) is 5. The van der Waals surface area contributed by atoms with Crippen molar-refractivity contribution in [3.8, 4) is 22.7 Å². The van der Waals surface area contributed by atoms with E-state index < -0.39 is 0 Å². The van der Waals surface area contributed by atoms with Gasteiger partial charge in [0.05, 0.1) is 28.7 Å². The molecule has 2 N–H and O–H groups in total. The van der Waals surface area contributed by atoms with Gasteiger partial charge in [-0.3, -0.25) is 0 Å². The summed E-state index contributed by atoms with van der Waals surface area (Å²) in [4.78, 5) is 0. The molecule has 0 amide bonds. The predicted molar refractivity (Wildman–Crippen MR) is 104 cm³/mol. The Morgan fingerprint density at radius 1 is 1.15 bits per heavy atom. The summed E-state index contributed by atoms with van der Waals surface area (Å²) in [6.07, 6.45) is 1.40. The van der Waals surface area contributed by atoms with Crippen LogP contribution in [0.5, 0.6) is 5.75 Å². The smallest absolute Gasteiger partial charge is 0.143 e. The Balaban J connectivity index is 2.21. The quantitative estimate of drug-likeness (QED) is 0.295. The van der Waals surface area contributed by atoms with Gasteiger partial charge in [0, 0.05) is 21.7 Å². The van der Waals surface area contributed by atoms with Crippen LogP contribution in [0.3, 0.4) is 0 Å². The molecular weight excluding hydrogens is 366 g/mol. The molecule has 6 nitrogen and oxygen atoms in total. The van der Waals surface area contributed by atoms with E-state index >= 15 is 0 Å². The number of aromatic nitrogens is 2. The maximum Gasteiger partial charge on any atom is 0.143 e. The lowest BCUT2D eigenvalue weighted by Gasteiger charge is -2.12. The van der Waals surface area contributed by atoms with Gasteiger partial charge >= 0.3 is 0 Å². The number of hydrogen-bond donors (Lipinski definition) is 2. The molecule has 0 atom stereocenters. The molecule has 0 unspecified atom stereocenters. The molecule has 0 aliphatic carbocycles. The van der Waals surface area contributed by atoms with E-state index in [1.807, 2.05) is 30.5 Å². The van der Waals surface area contributed by atoms with Gasteiger partial charge in [0.25, 0.3) is 0 Å². The first kappa shape index (κ1) is 17.2. The number of aryl methyl sites for hydroxylation is 2.